The van der Waals surface area contributed by atoms with E-state index in [0.717, 1.165) is 16.8 Å². The fraction of sp³-hybridized carbons (Fsp3) is 0.167. The summed E-state index contributed by atoms with van der Waals surface area (Å²) < 4.78 is 27.6. The Morgan fingerprint density at radius 1 is 1.00 bits per heavy atom. The maximum Gasteiger partial charge on any atom is 0.256 e. The van der Waals surface area contributed by atoms with Gasteiger partial charge in [-0.3, -0.25) is 13.5 Å². The molecule has 162 valence electrons. The number of sulfonamides is 1. The summed E-state index contributed by atoms with van der Waals surface area (Å²) in [6.45, 7) is 2.45. The molecule has 0 atom stereocenters. The molecular formula is C24H22N4O3S. The Bertz CT molecular complexity index is 1410. The number of aromatic nitrogens is 2. The van der Waals surface area contributed by atoms with Gasteiger partial charge in [0.2, 0.25) is 10.0 Å². The standard InChI is InChI=1S/C24H22N4O3S/c1-17-7-5-14-27-22(17)25-21(18-8-3-2-4-9-18)23(27)26-24(29)19-10-12-20(13-11-19)28-15-6-16-32(28,30)31/h2-5,7-14H,6,15-16H2,1H3,(H,26,29). The van der Waals surface area contributed by atoms with E-state index in [-0.39, 0.29) is 11.7 Å². The first-order valence-corrected chi connectivity index (χ1v) is 12.0. The largest absolute Gasteiger partial charge is 0.306 e. The van der Waals surface area contributed by atoms with Crippen LogP contribution in [0.3, 0.4) is 0 Å². The minimum absolute atomic E-state index is 0.158. The molecule has 1 amide bonds. The predicted molar refractivity (Wildman–Crippen MR) is 126 cm³/mol. The zero-order valence-electron chi connectivity index (χ0n) is 17.5. The highest BCUT2D eigenvalue weighted by Crippen LogP contribution is 2.30. The number of benzene rings is 2. The maximum absolute atomic E-state index is 13.1. The zero-order chi connectivity index (χ0) is 22.3. The quantitative estimate of drug-likeness (QED) is 0.512. The molecule has 0 bridgehead atoms. The van der Waals surface area contributed by atoms with Crippen LogP contribution in [0, 0.1) is 6.92 Å². The van der Waals surface area contributed by atoms with Crippen molar-refractivity contribution >= 4 is 33.1 Å². The van der Waals surface area contributed by atoms with Crippen molar-refractivity contribution in [1.82, 2.24) is 9.38 Å². The molecule has 1 fully saturated rings. The third-order valence-electron chi connectivity index (χ3n) is 5.64. The lowest BCUT2D eigenvalue weighted by Crippen LogP contribution is -2.25. The lowest BCUT2D eigenvalue weighted by atomic mass is 10.1. The molecule has 0 radical (unpaired) electrons. The number of hydrogen-bond acceptors (Lipinski definition) is 4. The van der Waals surface area contributed by atoms with Crippen LogP contribution in [0.2, 0.25) is 0 Å². The number of hydrogen-bond donors (Lipinski definition) is 1. The van der Waals surface area contributed by atoms with E-state index in [1.165, 1.54) is 4.31 Å². The molecule has 8 heteroatoms. The monoisotopic (exact) mass is 446 g/mol. The van der Waals surface area contributed by atoms with Crippen molar-refractivity contribution in [3.8, 4) is 11.3 Å². The predicted octanol–water partition coefficient (Wildman–Crippen LogP) is 4.10. The molecule has 2 aromatic heterocycles. The van der Waals surface area contributed by atoms with Crippen LogP contribution in [0.25, 0.3) is 16.9 Å². The van der Waals surface area contributed by atoms with Gasteiger partial charge < -0.3 is 5.32 Å². The van der Waals surface area contributed by atoms with E-state index in [1.54, 1.807) is 24.3 Å². The first-order valence-electron chi connectivity index (χ1n) is 10.4. The molecule has 7 nitrogen and oxygen atoms in total. The molecule has 4 aromatic rings. The number of rotatable bonds is 4. The van der Waals surface area contributed by atoms with E-state index in [0.29, 0.717) is 35.7 Å². The summed E-state index contributed by atoms with van der Waals surface area (Å²) in [5.74, 6) is 0.456. The number of carbonyl (C=O) groups excluding carboxylic acids is 1. The summed E-state index contributed by atoms with van der Waals surface area (Å²) >= 11 is 0. The van der Waals surface area contributed by atoms with Gasteiger partial charge in [-0.15, -0.1) is 0 Å². The van der Waals surface area contributed by atoms with Crippen LogP contribution in [-0.4, -0.2) is 36.0 Å². The Morgan fingerprint density at radius 3 is 2.44 bits per heavy atom. The Morgan fingerprint density at radius 2 is 1.75 bits per heavy atom. The lowest BCUT2D eigenvalue weighted by Gasteiger charge is -2.17. The average Bonchev–Trinajstić information content (AvgIpc) is 3.35. The van der Waals surface area contributed by atoms with Gasteiger partial charge in [-0.2, -0.15) is 0 Å². The second-order valence-electron chi connectivity index (χ2n) is 7.80. The zero-order valence-corrected chi connectivity index (χ0v) is 18.3. The van der Waals surface area contributed by atoms with Crippen molar-refractivity contribution in [3.63, 3.8) is 0 Å². The minimum Gasteiger partial charge on any atom is -0.306 e. The number of amides is 1. The Labute approximate surface area is 186 Å². The van der Waals surface area contributed by atoms with Crippen LogP contribution in [0.5, 0.6) is 0 Å². The fourth-order valence-electron chi connectivity index (χ4n) is 4.01. The van der Waals surface area contributed by atoms with Gasteiger partial charge in [0.1, 0.15) is 17.2 Å². The third-order valence-corrected chi connectivity index (χ3v) is 7.51. The topological polar surface area (TPSA) is 83.8 Å². The molecule has 0 unspecified atom stereocenters. The molecule has 1 aliphatic rings. The van der Waals surface area contributed by atoms with Crippen LogP contribution in [0.15, 0.2) is 72.9 Å². The normalized spacial score (nSPS) is 15.2. The number of imidazole rings is 1. The molecule has 0 saturated carbocycles. The van der Waals surface area contributed by atoms with Gasteiger partial charge in [0.05, 0.1) is 11.4 Å². The number of fused-ring (bicyclic) bond motifs is 1. The molecule has 0 aliphatic carbocycles. The highest BCUT2D eigenvalue weighted by molar-refractivity contribution is 7.93. The smallest absolute Gasteiger partial charge is 0.256 e. The van der Waals surface area contributed by atoms with Gasteiger partial charge >= 0.3 is 0 Å². The van der Waals surface area contributed by atoms with E-state index >= 15 is 0 Å². The summed E-state index contributed by atoms with van der Waals surface area (Å²) in [5.41, 5.74) is 4.38. The molecule has 1 N–H and O–H groups in total. The van der Waals surface area contributed by atoms with Gasteiger partial charge in [0.25, 0.3) is 5.91 Å². The summed E-state index contributed by atoms with van der Waals surface area (Å²) in [6.07, 6.45) is 2.49. The minimum atomic E-state index is -3.26. The number of anilines is 2. The van der Waals surface area contributed by atoms with Crippen LogP contribution in [0.4, 0.5) is 11.5 Å². The summed E-state index contributed by atoms with van der Waals surface area (Å²) in [6, 6.07) is 20.3. The Balaban J connectivity index is 1.49. The summed E-state index contributed by atoms with van der Waals surface area (Å²) in [5, 5.41) is 3.01. The van der Waals surface area contributed by atoms with Gasteiger partial charge in [-0.25, -0.2) is 13.4 Å². The number of carbonyl (C=O) groups is 1. The number of aryl methyl sites for hydroxylation is 1. The van der Waals surface area contributed by atoms with Crippen LogP contribution < -0.4 is 9.62 Å². The summed E-state index contributed by atoms with van der Waals surface area (Å²) in [7, 11) is -3.26. The number of nitrogens with zero attached hydrogens (tertiary/aromatic N) is 3. The van der Waals surface area contributed by atoms with E-state index in [1.807, 2.05) is 60.0 Å². The van der Waals surface area contributed by atoms with Crippen molar-refractivity contribution in [2.75, 3.05) is 21.9 Å². The van der Waals surface area contributed by atoms with Gasteiger partial charge in [0.15, 0.2) is 0 Å². The molecule has 0 spiro atoms. The van der Waals surface area contributed by atoms with Crippen LogP contribution in [-0.2, 0) is 10.0 Å². The van der Waals surface area contributed by atoms with Crippen molar-refractivity contribution in [1.29, 1.82) is 0 Å². The van der Waals surface area contributed by atoms with Crippen molar-refractivity contribution < 1.29 is 13.2 Å². The third kappa shape index (κ3) is 3.52. The Kier molecular flexibility index (Phi) is 4.94. The van der Waals surface area contributed by atoms with E-state index < -0.39 is 10.0 Å². The number of nitrogens with one attached hydrogen (secondary N) is 1. The average molecular weight is 447 g/mol. The molecule has 5 rings (SSSR count). The molecule has 2 aromatic carbocycles. The first-order chi connectivity index (χ1) is 15.4. The SMILES string of the molecule is Cc1cccn2c(NC(=O)c3ccc(N4CCCS4(=O)=O)cc3)c(-c3ccccc3)nc12. The van der Waals surface area contributed by atoms with Crippen molar-refractivity contribution in [2.45, 2.75) is 13.3 Å². The van der Waals surface area contributed by atoms with Crippen LogP contribution >= 0.6 is 0 Å². The molecule has 1 saturated heterocycles. The van der Waals surface area contributed by atoms with Gasteiger partial charge in [0, 0.05) is 23.9 Å². The fourth-order valence-corrected chi connectivity index (χ4v) is 5.57. The Hall–Kier alpha value is -3.65. The van der Waals surface area contributed by atoms with Gasteiger partial charge in [-0.05, 0) is 49.2 Å². The molecule has 32 heavy (non-hydrogen) atoms. The van der Waals surface area contributed by atoms with E-state index in [2.05, 4.69) is 5.32 Å². The molecular weight excluding hydrogens is 424 g/mol. The van der Waals surface area contributed by atoms with Crippen molar-refractivity contribution in [2.24, 2.45) is 0 Å². The number of pyridine rings is 1. The highest BCUT2D eigenvalue weighted by atomic mass is 32.2. The highest BCUT2D eigenvalue weighted by Gasteiger charge is 2.28. The second-order valence-corrected chi connectivity index (χ2v) is 9.82. The molecule has 3 heterocycles. The van der Waals surface area contributed by atoms with E-state index in [9.17, 15) is 13.2 Å². The van der Waals surface area contributed by atoms with Crippen molar-refractivity contribution in [3.05, 3.63) is 84.1 Å². The maximum atomic E-state index is 13.1. The lowest BCUT2D eigenvalue weighted by molar-refractivity contribution is 0.102. The van der Waals surface area contributed by atoms with Crippen LogP contribution in [0.1, 0.15) is 22.3 Å². The van der Waals surface area contributed by atoms with Gasteiger partial charge in [-0.1, -0.05) is 36.4 Å². The molecule has 1 aliphatic heterocycles. The first kappa shape index (κ1) is 20.3. The second kappa shape index (κ2) is 7.80. The summed E-state index contributed by atoms with van der Waals surface area (Å²) in [4.78, 5) is 17.9. The van der Waals surface area contributed by atoms with E-state index in [4.69, 9.17) is 4.98 Å².